The van der Waals surface area contributed by atoms with Crippen molar-refractivity contribution in [1.82, 2.24) is 0 Å². The Morgan fingerprint density at radius 2 is 1.95 bits per heavy atom. The van der Waals surface area contributed by atoms with Crippen molar-refractivity contribution < 1.29 is 9.47 Å². The summed E-state index contributed by atoms with van der Waals surface area (Å²) in [7, 11) is 1.63. The molecular weight excluding hydrogens is 372 g/mol. The Balaban J connectivity index is 1.93. The number of halogens is 2. The summed E-state index contributed by atoms with van der Waals surface area (Å²) in [4.78, 5) is 1.24. The van der Waals surface area contributed by atoms with Gasteiger partial charge in [-0.15, -0.1) is 23.4 Å². The van der Waals surface area contributed by atoms with E-state index in [4.69, 9.17) is 21.1 Å². The minimum Gasteiger partial charge on any atom is -0.493 e. The van der Waals surface area contributed by atoms with Crippen LogP contribution in [-0.2, 0) is 5.88 Å². The summed E-state index contributed by atoms with van der Waals surface area (Å²) >= 11 is 11.1. The fourth-order valence-corrected chi connectivity index (χ4v) is 3.32. The lowest BCUT2D eigenvalue weighted by Gasteiger charge is -2.13. The van der Waals surface area contributed by atoms with Crippen molar-refractivity contribution in [3.8, 4) is 11.5 Å². The Hall–Kier alpha value is -0.840. The molecule has 2 aromatic carbocycles. The molecule has 0 spiro atoms. The molecule has 2 aromatic rings. The maximum atomic E-state index is 5.85. The van der Waals surface area contributed by atoms with E-state index in [1.54, 1.807) is 18.9 Å². The van der Waals surface area contributed by atoms with E-state index in [0.29, 0.717) is 18.2 Å². The molecule has 21 heavy (non-hydrogen) atoms. The van der Waals surface area contributed by atoms with Crippen LogP contribution in [0.3, 0.4) is 0 Å². The summed E-state index contributed by atoms with van der Waals surface area (Å²) < 4.78 is 12.1. The molecule has 0 aromatic heterocycles. The van der Waals surface area contributed by atoms with Gasteiger partial charge in [-0.1, -0.05) is 18.2 Å². The van der Waals surface area contributed by atoms with Crippen molar-refractivity contribution >= 4 is 39.3 Å². The normalized spacial score (nSPS) is 10.4. The van der Waals surface area contributed by atoms with Crippen molar-refractivity contribution in [3.63, 3.8) is 0 Å². The fraction of sp³-hybridized carbons (Fsp3) is 0.250. The minimum absolute atomic E-state index is 0.444. The molecule has 112 valence electrons. The summed E-state index contributed by atoms with van der Waals surface area (Å²) in [5.74, 6) is 2.74. The molecule has 0 unspecified atom stereocenters. The van der Waals surface area contributed by atoms with E-state index in [9.17, 15) is 0 Å². The Kier molecular flexibility index (Phi) is 6.74. The highest BCUT2D eigenvalue weighted by atomic mass is 79.9. The van der Waals surface area contributed by atoms with Gasteiger partial charge < -0.3 is 9.47 Å². The average Bonchev–Trinajstić information content (AvgIpc) is 2.53. The molecule has 2 nitrogen and oxygen atoms in total. The van der Waals surface area contributed by atoms with E-state index >= 15 is 0 Å². The molecule has 0 aliphatic heterocycles. The monoisotopic (exact) mass is 386 g/mol. The number of rotatable bonds is 7. The lowest BCUT2D eigenvalue weighted by atomic mass is 10.2. The lowest BCUT2D eigenvalue weighted by molar-refractivity contribution is 0.311. The average molecular weight is 388 g/mol. The standard InChI is InChI=1S/C16H16BrClO2S/c1-19-15-10-12(11-18)9-14(17)16(15)20-7-8-21-13-5-3-2-4-6-13/h2-6,9-10H,7-8,11H2,1H3. The number of hydrogen-bond acceptors (Lipinski definition) is 3. The number of thioether (sulfide) groups is 1. The van der Waals surface area contributed by atoms with Crippen LogP contribution in [0, 0.1) is 0 Å². The zero-order valence-electron chi connectivity index (χ0n) is 11.6. The number of benzene rings is 2. The van der Waals surface area contributed by atoms with Gasteiger partial charge in [-0.3, -0.25) is 0 Å². The molecule has 0 heterocycles. The molecule has 0 N–H and O–H groups in total. The Morgan fingerprint density at radius 3 is 2.62 bits per heavy atom. The minimum atomic E-state index is 0.444. The van der Waals surface area contributed by atoms with Crippen LogP contribution in [-0.4, -0.2) is 19.5 Å². The van der Waals surface area contributed by atoms with Crippen molar-refractivity contribution in [1.29, 1.82) is 0 Å². The largest absolute Gasteiger partial charge is 0.493 e. The quantitative estimate of drug-likeness (QED) is 0.361. The topological polar surface area (TPSA) is 18.5 Å². The summed E-state index contributed by atoms with van der Waals surface area (Å²) in [6, 6.07) is 14.1. The van der Waals surface area contributed by atoms with Crippen LogP contribution >= 0.6 is 39.3 Å². The first-order chi connectivity index (χ1) is 10.2. The van der Waals surface area contributed by atoms with Gasteiger partial charge in [0.2, 0.25) is 0 Å². The summed E-state index contributed by atoms with van der Waals surface area (Å²) in [6.07, 6.45) is 0. The smallest absolute Gasteiger partial charge is 0.175 e. The van der Waals surface area contributed by atoms with Crippen LogP contribution in [0.1, 0.15) is 5.56 Å². The van der Waals surface area contributed by atoms with Crippen LogP contribution in [0.2, 0.25) is 0 Å². The first-order valence-electron chi connectivity index (χ1n) is 6.47. The van der Waals surface area contributed by atoms with Crippen molar-refractivity contribution in [3.05, 3.63) is 52.5 Å². The molecule has 0 aliphatic rings. The number of hydrogen-bond donors (Lipinski definition) is 0. The van der Waals surface area contributed by atoms with Gasteiger partial charge in [0.15, 0.2) is 11.5 Å². The van der Waals surface area contributed by atoms with E-state index in [-0.39, 0.29) is 0 Å². The third kappa shape index (κ3) is 4.83. The van der Waals surface area contributed by atoms with E-state index in [2.05, 4.69) is 28.1 Å². The van der Waals surface area contributed by atoms with Gasteiger partial charge in [-0.25, -0.2) is 0 Å². The van der Waals surface area contributed by atoms with E-state index < -0.39 is 0 Å². The second kappa shape index (κ2) is 8.57. The molecule has 0 amide bonds. The predicted octanol–water partition coefficient (Wildman–Crippen LogP) is 5.37. The van der Waals surface area contributed by atoms with Crippen LogP contribution in [0.5, 0.6) is 11.5 Å². The van der Waals surface area contributed by atoms with Crippen molar-refractivity contribution in [2.24, 2.45) is 0 Å². The molecule has 0 bridgehead atoms. The fourth-order valence-electron chi connectivity index (χ4n) is 1.81. The summed E-state index contributed by atoms with van der Waals surface area (Å²) in [6.45, 7) is 0.606. The van der Waals surface area contributed by atoms with Crippen LogP contribution in [0.15, 0.2) is 51.8 Å². The second-order valence-electron chi connectivity index (χ2n) is 4.25. The SMILES string of the molecule is COc1cc(CCl)cc(Br)c1OCCSc1ccccc1. The molecule has 0 atom stereocenters. The number of alkyl halides is 1. The summed E-state index contributed by atoms with van der Waals surface area (Å²) in [5, 5.41) is 0. The number of methoxy groups -OCH3 is 1. The maximum absolute atomic E-state index is 5.85. The predicted molar refractivity (Wildman–Crippen MR) is 92.9 cm³/mol. The zero-order valence-corrected chi connectivity index (χ0v) is 14.8. The zero-order chi connectivity index (χ0) is 15.1. The Labute approximate surface area is 142 Å². The van der Waals surface area contributed by atoms with Gasteiger partial charge >= 0.3 is 0 Å². The van der Waals surface area contributed by atoms with E-state index in [0.717, 1.165) is 21.5 Å². The molecule has 0 saturated carbocycles. The van der Waals surface area contributed by atoms with Gasteiger partial charge in [-0.05, 0) is 45.8 Å². The highest BCUT2D eigenvalue weighted by Gasteiger charge is 2.11. The Morgan fingerprint density at radius 1 is 1.19 bits per heavy atom. The first-order valence-corrected chi connectivity index (χ1v) is 8.79. The highest BCUT2D eigenvalue weighted by molar-refractivity contribution is 9.10. The molecule has 0 aliphatic carbocycles. The van der Waals surface area contributed by atoms with Gasteiger partial charge in [-0.2, -0.15) is 0 Å². The molecule has 0 radical (unpaired) electrons. The third-order valence-electron chi connectivity index (χ3n) is 2.79. The van der Waals surface area contributed by atoms with Gasteiger partial charge in [0.05, 0.1) is 18.2 Å². The van der Waals surface area contributed by atoms with Gasteiger partial charge in [0.25, 0.3) is 0 Å². The van der Waals surface area contributed by atoms with Gasteiger partial charge in [0.1, 0.15) is 0 Å². The molecule has 0 fully saturated rings. The highest BCUT2D eigenvalue weighted by Crippen LogP contribution is 2.37. The van der Waals surface area contributed by atoms with Crippen LogP contribution in [0.25, 0.3) is 0 Å². The van der Waals surface area contributed by atoms with Crippen molar-refractivity contribution in [2.45, 2.75) is 10.8 Å². The summed E-state index contributed by atoms with van der Waals surface area (Å²) in [5.41, 5.74) is 0.992. The number of ether oxygens (including phenoxy) is 2. The van der Waals surface area contributed by atoms with Gasteiger partial charge in [0, 0.05) is 16.5 Å². The van der Waals surface area contributed by atoms with E-state index in [1.807, 2.05) is 30.3 Å². The van der Waals surface area contributed by atoms with Crippen LogP contribution < -0.4 is 9.47 Å². The van der Waals surface area contributed by atoms with Crippen molar-refractivity contribution in [2.75, 3.05) is 19.5 Å². The molecule has 5 heteroatoms. The molecule has 2 rings (SSSR count). The van der Waals surface area contributed by atoms with Crippen LogP contribution in [0.4, 0.5) is 0 Å². The first kappa shape index (κ1) is 16.5. The molecular formula is C16H16BrClO2S. The maximum Gasteiger partial charge on any atom is 0.175 e. The third-order valence-corrected chi connectivity index (χ3v) is 4.66. The lowest BCUT2D eigenvalue weighted by Crippen LogP contribution is -2.03. The Bertz CT molecular complexity index is 578. The second-order valence-corrected chi connectivity index (χ2v) is 6.54. The van der Waals surface area contributed by atoms with E-state index in [1.165, 1.54) is 4.90 Å². The molecule has 0 saturated heterocycles.